The number of hydrogen-bond donors (Lipinski definition) is 1. The number of carbonyl (C=O) groups excluding carboxylic acids is 1. The normalized spacial score (nSPS) is 25.3. The number of amides is 1. The number of rotatable bonds is 4. The first-order valence-corrected chi connectivity index (χ1v) is 7.81. The molecule has 1 fully saturated rings. The molecule has 0 aromatic heterocycles. The molecule has 2 atom stereocenters. The third-order valence-corrected chi connectivity index (χ3v) is 4.57. The molecule has 1 saturated heterocycles. The first-order valence-electron chi connectivity index (χ1n) is 7.81. The fourth-order valence-electron chi connectivity index (χ4n) is 3.51. The molecule has 1 aliphatic heterocycles. The van der Waals surface area contributed by atoms with Crippen LogP contribution in [0.4, 0.5) is 0 Å². The molecule has 3 rings (SSSR count). The van der Waals surface area contributed by atoms with Crippen LogP contribution in [-0.2, 0) is 22.4 Å². The third-order valence-electron chi connectivity index (χ3n) is 4.57. The molecule has 1 N–H and O–H groups in total. The highest BCUT2D eigenvalue weighted by atomic mass is 16.5. The van der Waals surface area contributed by atoms with Crippen LogP contribution in [0.3, 0.4) is 0 Å². The first-order chi connectivity index (χ1) is 10.2. The molecule has 1 heterocycles. The monoisotopic (exact) mass is 289 g/mol. The minimum absolute atomic E-state index is 0.147. The SMILES string of the molecule is CCO[C@H]1CN(C(=O)CC2Cc3ccccc3C2)C[C@@H]1O. The summed E-state index contributed by atoms with van der Waals surface area (Å²) in [6.45, 7) is 3.41. The van der Waals surface area contributed by atoms with Crippen molar-refractivity contribution in [3.8, 4) is 0 Å². The summed E-state index contributed by atoms with van der Waals surface area (Å²) >= 11 is 0. The van der Waals surface area contributed by atoms with Gasteiger partial charge in [-0.3, -0.25) is 4.79 Å². The largest absolute Gasteiger partial charge is 0.388 e. The van der Waals surface area contributed by atoms with Crippen molar-refractivity contribution in [1.29, 1.82) is 0 Å². The van der Waals surface area contributed by atoms with Gasteiger partial charge in [0.2, 0.25) is 5.91 Å². The van der Waals surface area contributed by atoms with Gasteiger partial charge in [-0.2, -0.15) is 0 Å². The Hall–Kier alpha value is -1.39. The van der Waals surface area contributed by atoms with E-state index in [1.165, 1.54) is 11.1 Å². The molecule has 4 heteroatoms. The van der Waals surface area contributed by atoms with Crippen LogP contribution >= 0.6 is 0 Å². The molecule has 0 bridgehead atoms. The van der Waals surface area contributed by atoms with Gasteiger partial charge < -0.3 is 14.7 Å². The van der Waals surface area contributed by atoms with Gasteiger partial charge in [-0.25, -0.2) is 0 Å². The van der Waals surface area contributed by atoms with E-state index >= 15 is 0 Å². The maximum atomic E-state index is 12.4. The Kier molecular flexibility index (Phi) is 4.27. The van der Waals surface area contributed by atoms with E-state index in [-0.39, 0.29) is 12.0 Å². The zero-order valence-corrected chi connectivity index (χ0v) is 12.5. The Morgan fingerprint density at radius 3 is 2.57 bits per heavy atom. The summed E-state index contributed by atoms with van der Waals surface area (Å²) in [4.78, 5) is 14.2. The number of fused-ring (bicyclic) bond motifs is 1. The van der Waals surface area contributed by atoms with Crippen LogP contribution in [-0.4, -0.2) is 47.8 Å². The van der Waals surface area contributed by atoms with E-state index in [0.717, 1.165) is 12.8 Å². The molecule has 21 heavy (non-hydrogen) atoms. The van der Waals surface area contributed by atoms with Gasteiger partial charge in [-0.1, -0.05) is 24.3 Å². The van der Waals surface area contributed by atoms with Gasteiger partial charge in [0.25, 0.3) is 0 Å². The Bertz CT molecular complexity index is 492. The van der Waals surface area contributed by atoms with E-state index in [2.05, 4.69) is 24.3 Å². The van der Waals surface area contributed by atoms with Crippen LogP contribution in [0.15, 0.2) is 24.3 Å². The predicted molar refractivity (Wildman–Crippen MR) is 80.0 cm³/mol. The van der Waals surface area contributed by atoms with Crippen LogP contribution in [0.2, 0.25) is 0 Å². The molecular formula is C17H23NO3. The molecule has 114 valence electrons. The number of hydrogen-bond acceptors (Lipinski definition) is 3. The highest BCUT2D eigenvalue weighted by Gasteiger charge is 2.35. The second-order valence-electron chi connectivity index (χ2n) is 6.11. The van der Waals surface area contributed by atoms with Gasteiger partial charge >= 0.3 is 0 Å². The number of aliphatic hydroxyl groups excluding tert-OH is 1. The molecular weight excluding hydrogens is 266 g/mol. The maximum Gasteiger partial charge on any atom is 0.223 e. The minimum atomic E-state index is -0.547. The van der Waals surface area contributed by atoms with Crippen molar-refractivity contribution in [2.24, 2.45) is 5.92 Å². The Morgan fingerprint density at radius 2 is 1.95 bits per heavy atom. The van der Waals surface area contributed by atoms with Crippen LogP contribution in [0.25, 0.3) is 0 Å². The number of β-amino-alcohol motifs (C(OH)–C–C–N with tert-alkyl or cyclic N) is 1. The topological polar surface area (TPSA) is 49.8 Å². The van der Waals surface area contributed by atoms with E-state index in [1.54, 1.807) is 4.90 Å². The van der Waals surface area contributed by atoms with Crippen molar-refractivity contribution < 1.29 is 14.6 Å². The molecule has 0 saturated carbocycles. The maximum absolute atomic E-state index is 12.4. The molecule has 1 amide bonds. The molecule has 1 aromatic rings. The lowest BCUT2D eigenvalue weighted by molar-refractivity contribution is -0.131. The number of aliphatic hydroxyl groups is 1. The molecule has 4 nitrogen and oxygen atoms in total. The number of benzene rings is 1. The quantitative estimate of drug-likeness (QED) is 0.911. The molecule has 2 aliphatic rings. The predicted octanol–water partition coefficient (Wildman–Crippen LogP) is 1.40. The van der Waals surface area contributed by atoms with Gasteiger partial charge in [-0.05, 0) is 36.8 Å². The van der Waals surface area contributed by atoms with Crippen molar-refractivity contribution >= 4 is 5.91 Å². The first kappa shape index (κ1) is 14.5. The summed E-state index contributed by atoms with van der Waals surface area (Å²) in [6, 6.07) is 8.44. The number of carbonyl (C=O) groups is 1. The summed E-state index contributed by atoms with van der Waals surface area (Å²) < 4.78 is 5.47. The second kappa shape index (κ2) is 6.16. The van der Waals surface area contributed by atoms with Crippen molar-refractivity contribution in [1.82, 2.24) is 4.90 Å². The summed E-state index contributed by atoms with van der Waals surface area (Å²) in [6.07, 6.45) is 1.79. The summed E-state index contributed by atoms with van der Waals surface area (Å²) in [5.41, 5.74) is 2.76. The Balaban J connectivity index is 1.54. The fourth-order valence-corrected chi connectivity index (χ4v) is 3.51. The van der Waals surface area contributed by atoms with E-state index in [0.29, 0.717) is 32.0 Å². The zero-order chi connectivity index (χ0) is 14.8. The van der Waals surface area contributed by atoms with E-state index in [9.17, 15) is 9.90 Å². The lowest BCUT2D eigenvalue weighted by Crippen LogP contribution is -2.31. The van der Waals surface area contributed by atoms with E-state index in [1.807, 2.05) is 6.92 Å². The van der Waals surface area contributed by atoms with Crippen LogP contribution in [0.1, 0.15) is 24.5 Å². The number of nitrogens with zero attached hydrogens (tertiary/aromatic N) is 1. The van der Waals surface area contributed by atoms with Gasteiger partial charge in [0.05, 0.1) is 6.10 Å². The molecule has 1 aliphatic carbocycles. The highest BCUT2D eigenvalue weighted by Crippen LogP contribution is 2.29. The average molecular weight is 289 g/mol. The number of likely N-dealkylation sites (tertiary alicyclic amines) is 1. The Labute approximate surface area is 125 Å². The smallest absolute Gasteiger partial charge is 0.223 e. The Morgan fingerprint density at radius 1 is 1.29 bits per heavy atom. The molecule has 0 spiro atoms. The molecule has 0 radical (unpaired) electrons. The molecule has 1 aromatic carbocycles. The number of ether oxygens (including phenoxy) is 1. The van der Waals surface area contributed by atoms with Gasteiger partial charge in [0.1, 0.15) is 6.10 Å². The average Bonchev–Trinajstić information content (AvgIpc) is 3.03. The van der Waals surface area contributed by atoms with Crippen LogP contribution in [0.5, 0.6) is 0 Å². The minimum Gasteiger partial charge on any atom is -0.388 e. The van der Waals surface area contributed by atoms with Gasteiger partial charge in [0.15, 0.2) is 0 Å². The van der Waals surface area contributed by atoms with Crippen molar-refractivity contribution in [3.05, 3.63) is 35.4 Å². The van der Waals surface area contributed by atoms with Crippen molar-refractivity contribution in [2.45, 2.75) is 38.4 Å². The van der Waals surface area contributed by atoms with E-state index in [4.69, 9.17) is 4.74 Å². The molecule has 0 unspecified atom stereocenters. The summed E-state index contributed by atoms with van der Waals surface area (Å²) in [7, 11) is 0. The van der Waals surface area contributed by atoms with E-state index < -0.39 is 6.10 Å². The van der Waals surface area contributed by atoms with Crippen LogP contribution in [0, 0.1) is 5.92 Å². The van der Waals surface area contributed by atoms with Crippen molar-refractivity contribution in [2.75, 3.05) is 19.7 Å². The highest BCUT2D eigenvalue weighted by molar-refractivity contribution is 5.77. The second-order valence-corrected chi connectivity index (χ2v) is 6.11. The lowest BCUT2D eigenvalue weighted by Gasteiger charge is -2.18. The summed E-state index contributed by atoms with van der Waals surface area (Å²) in [5.74, 6) is 0.548. The summed E-state index contributed by atoms with van der Waals surface area (Å²) in [5, 5.41) is 9.92. The third kappa shape index (κ3) is 3.11. The standard InChI is InChI=1S/C17H23NO3/c1-2-21-16-11-18(10-15(16)19)17(20)9-12-7-13-5-3-4-6-14(13)8-12/h3-6,12,15-16,19H,2,7-11H2,1H3/t15-,16-/m0/s1. The fraction of sp³-hybridized carbons (Fsp3) is 0.588. The van der Waals surface area contributed by atoms with Crippen LogP contribution < -0.4 is 0 Å². The lowest BCUT2D eigenvalue weighted by atomic mass is 10.0. The van der Waals surface area contributed by atoms with Gasteiger partial charge in [0, 0.05) is 26.1 Å². The zero-order valence-electron chi connectivity index (χ0n) is 12.5. The van der Waals surface area contributed by atoms with Crippen molar-refractivity contribution in [3.63, 3.8) is 0 Å². The van der Waals surface area contributed by atoms with Gasteiger partial charge in [-0.15, -0.1) is 0 Å².